The molecule has 1 aliphatic heterocycles. The van der Waals surface area contributed by atoms with Gasteiger partial charge in [-0.15, -0.1) is 0 Å². The Labute approximate surface area is 120 Å². The molecule has 0 radical (unpaired) electrons. The van der Waals surface area contributed by atoms with E-state index in [1.165, 1.54) is 7.11 Å². The molecule has 4 nitrogen and oxygen atoms in total. The van der Waals surface area contributed by atoms with Crippen molar-refractivity contribution in [1.82, 2.24) is 5.32 Å². The van der Waals surface area contributed by atoms with Crippen LogP contribution in [0, 0.1) is 5.92 Å². The third kappa shape index (κ3) is 2.80. The van der Waals surface area contributed by atoms with Gasteiger partial charge in [-0.1, -0.05) is 19.1 Å². The highest BCUT2D eigenvalue weighted by molar-refractivity contribution is 5.75. The highest BCUT2D eigenvalue weighted by Gasteiger charge is 2.45. The Kier molecular flexibility index (Phi) is 4.33. The lowest BCUT2D eigenvalue weighted by molar-refractivity contribution is -0.146. The summed E-state index contributed by atoms with van der Waals surface area (Å²) in [6.07, 6.45) is 0.160. The lowest BCUT2D eigenvalue weighted by Crippen LogP contribution is -2.37. The SMILES string of the molecule is COC(=O)C1CNCC1(C)c1ccc(OC(C)C)cc1. The van der Waals surface area contributed by atoms with Crippen LogP contribution in [-0.2, 0) is 14.9 Å². The Hall–Kier alpha value is -1.55. The number of hydrogen-bond acceptors (Lipinski definition) is 4. The van der Waals surface area contributed by atoms with Gasteiger partial charge >= 0.3 is 5.97 Å². The summed E-state index contributed by atoms with van der Waals surface area (Å²) in [4.78, 5) is 11.9. The van der Waals surface area contributed by atoms with E-state index in [0.29, 0.717) is 6.54 Å². The van der Waals surface area contributed by atoms with Crippen LogP contribution in [-0.4, -0.2) is 32.3 Å². The van der Waals surface area contributed by atoms with E-state index in [-0.39, 0.29) is 23.4 Å². The van der Waals surface area contributed by atoms with Crippen molar-refractivity contribution in [2.75, 3.05) is 20.2 Å². The number of nitrogens with one attached hydrogen (secondary N) is 1. The molecule has 0 saturated carbocycles. The van der Waals surface area contributed by atoms with Crippen LogP contribution < -0.4 is 10.1 Å². The van der Waals surface area contributed by atoms with Gasteiger partial charge in [-0.3, -0.25) is 4.79 Å². The number of esters is 1. The zero-order valence-corrected chi connectivity index (χ0v) is 12.6. The van der Waals surface area contributed by atoms with E-state index in [0.717, 1.165) is 17.9 Å². The summed E-state index contributed by atoms with van der Waals surface area (Å²) >= 11 is 0. The minimum absolute atomic E-state index is 0.149. The molecule has 20 heavy (non-hydrogen) atoms. The molecule has 1 N–H and O–H groups in total. The molecular weight excluding hydrogens is 254 g/mol. The fourth-order valence-corrected chi connectivity index (χ4v) is 2.80. The van der Waals surface area contributed by atoms with Crippen molar-refractivity contribution in [3.63, 3.8) is 0 Å². The molecule has 4 heteroatoms. The second kappa shape index (κ2) is 5.83. The van der Waals surface area contributed by atoms with Crippen molar-refractivity contribution in [2.45, 2.75) is 32.3 Å². The zero-order valence-electron chi connectivity index (χ0n) is 12.6. The fourth-order valence-electron chi connectivity index (χ4n) is 2.80. The normalized spacial score (nSPS) is 25.8. The lowest BCUT2D eigenvalue weighted by Gasteiger charge is -2.29. The zero-order chi connectivity index (χ0) is 14.8. The smallest absolute Gasteiger partial charge is 0.310 e. The maximum Gasteiger partial charge on any atom is 0.310 e. The number of carbonyl (C=O) groups is 1. The molecular formula is C16H23NO3. The maximum atomic E-state index is 11.9. The molecule has 2 unspecified atom stereocenters. The summed E-state index contributed by atoms with van der Waals surface area (Å²) < 4.78 is 10.6. The first-order valence-electron chi connectivity index (χ1n) is 7.03. The van der Waals surface area contributed by atoms with Gasteiger partial charge in [0.05, 0.1) is 19.1 Å². The minimum Gasteiger partial charge on any atom is -0.491 e. The van der Waals surface area contributed by atoms with Gasteiger partial charge in [-0.05, 0) is 31.5 Å². The summed E-state index contributed by atoms with van der Waals surface area (Å²) in [5.74, 6) is 0.553. The molecule has 1 aromatic rings. The quantitative estimate of drug-likeness (QED) is 0.856. The summed E-state index contributed by atoms with van der Waals surface area (Å²) in [5.41, 5.74) is 0.901. The van der Waals surface area contributed by atoms with Gasteiger partial charge in [0.2, 0.25) is 0 Å². The Bertz CT molecular complexity index is 469. The van der Waals surface area contributed by atoms with E-state index in [1.807, 2.05) is 38.1 Å². The average Bonchev–Trinajstić information content (AvgIpc) is 2.81. The van der Waals surface area contributed by atoms with Crippen molar-refractivity contribution in [3.05, 3.63) is 29.8 Å². The molecule has 1 aromatic carbocycles. The van der Waals surface area contributed by atoms with Crippen molar-refractivity contribution < 1.29 is 14.3 Å². The Balaban J connectivity index is 2.23. The van der Waals surface area contributed by atoms with Crippen molar-refractivity contribution in [1.29, 1.82) is 0 Å². The van der Waals surface area contributed by atoms with Crippen molar-refractivity contribution in [2.24, 2.45) is 5.92 Å². The van der Waals surface area contributed by atoms with E-state index < -0.39 is 0 Å². The number of carbonyl (C=O) groups excluding carboxylic acids is 1. The fraction of sp³-hybridized carbons (Fsp3) is 0.562. The maximum absolute atomic E-state index is 11.9. The van der Waals surface area contributed by atoms with Crippen LogP contribution in [0.15, 0.2) is 24.3 Å². The van der Waals surface area contributed by atoms with Gasteiger partial charge < -0.3 is 14.8 Å². The monoisotopic (exact) mass is 277 g/mol. The molecule has 1 heterocycles. The van der Waals surface area contributed by atoms with E-state index in [2.05, 4.69) is 12.2 Å². The molecule has 1 saturated heterocycles. The summed E-state index contributed by atoms with van der Waals surface area (Å²) in [7, 11) is 1.45. The topological polar surface area (TPSA) is 47.6 Å². The minimum atomic E-state index is -0.233. The molecule has 0 spiro atoms. The predicted octanol–water partition coefficient (Wildman–Crippen LogP) is 2.12. The first-order valence-corrected chi connectivity index (χ1v) is 7.03. The number of methoxy groups -OCH3 is 1. The van der Waals surface area contributed by atoms with E-state index in [9.17, 15) is 4.79 Å². The Morgan fingerprint density at radius 1 is 1.35 bits per heavy atom. The van der Waals surface area contributed by atoms with Gasteiger partial charge in [-0.25, -0.2) is 0 Å². The molecule has 2 rings (SSSR count). The average molecular weight is 277 g/mol. The van der Waals surface area contributed by atoms with E-state index >= 15 is 0 Å². The van der Waals surface area contributed by atoms with E-state index in [1.54, 1.807) is 0 Å². The highest BCUT2D eigenvalue weighted by atomic mass is 16.5. The largest absolute Gasteiger partial charge is 0.491 e. The first kappa shape index (κ1) is 14.9. The number of ether oxygens (including phenoxy) is 2. The Morgan fingerprint density at radius 2 is 2.00 bits per heavy atom. The molecule has 0 amide bonds. The van der Waals surface area contributed by atoms with Crippen molar-refractivity contribution >= 4 is 5.97 Å². The summed E-state index contributed by atoms with van der Waals surface area (Å²) in [6, 6.07) is 8.02. The summed E-state index contributed by atoms with van der Waals surface area (Å²) in [6.45, 7) is 7.55. The third-order valence-electron chi connectivity index (χ3n) is 3.98. The molecule has 0 aromatic heterocycles. The third-order valence-corrected chi connectivity index (χ3v) is 3.98. The highest BCUT2D eigenvalue weighted by Crippen LogP contribution is 2.36. The van der Waals surface area contributed by atoms with E-state index in [4.69, 9.17) is 9.47 Å². The van der Waals surface area contributed by atoms with Gasteiger partial charge in [-0.2, -0.15) is 0 Å². The number of rotatable bonds is 4. The summed E-state index contributed by atoms with van der Waals surface area (Å²) in [5, 5.41) is 3.29. The van der Waals surface area contributed by atoms with Gasteiger partial charge in [0.1, 0.15) is 5.75 Å². The van der Waals surface area contributed by atoms with Crippen LogP contribution in [0.25, 0.3) is 0 Å². The predicted molar refractivity (Wildman–Crippen MR) is 77.9 cm³/mol. The lowest BCUT2D eigenvalue weighted by atomic mass is 9.74. The van der Waals surface area contributed by atoms with Crippen molar-refractivity contribution in [3.8, 4) is 5.75 Å². The molecule has 110 valence electrons. The Morgan fingerprint density at radius 3 is 2.55 bits per heavy atom. The molecule has 0 aliphatic carbocycles. The van der Waals surface area contributed by atoms with Crippen LogP contribution in [0.5, 0.6) is 5.75 Å². The van der Waals surface area contributed by atoms with Gasteiger partial charge in [0, 0.05) is 18.5 Å². The van der Waals surface area contributed by atoms with Crippen LogP contribution in [0.3, 0.4) is 0 Å². The number of hydrogen-bond donors (Lipinski definition) is 1. The molecule has 1 fully saturated rings. The van der Waals surface area contributed by atoms with Crippen LogP contribution in [0.4, 0.5) is 0 Å². The second-order valence-corrected chi connectivity index (χ2v) is 5.82. The molecule has 2 atom stereocenters. The molecule has 0 bridgehead atoms. The second-order valence-electron chi connectivity index (χ2n) is 5.82. The van der Waals surface area contributed by atoms with Crippen LogP contribution in [0.2, 0.25) is 0 Å². The van der Waals surface area contributed by atoms with Gasteiger partial charge in [0.25, 0.3) is 0 Å². The molecule has 1 aliphatic rings. The van der Waals surface area contributed by atoms with Crippen LogP contribution >= 0.6 is 0 Å². The first-order chi connectivity index (χ1) is 9.47. The van der Waals surface area contributed by atoms with Crippen LogP contribution in [0.1, 0.15) is 26.3 Å². The standard InChI is InChI=1S/C16H23NO3/c1-11(2)20-13-7-5-12(6-8-13)16(3)10-17-9-14(16)15(18)19-4/h5-8,11,14,17H,9-10H2,1-4H3. The number of benzene rings is 1. The van der Waals surface area contributed by atoms with Gasteiger partial charge in [0.15, 0.2) is 0 Å².